The molecule has 0 aromatic heterocycles. The van der Waals surface area contributed by atoms with Crippen LogP contribution in [0.25, 0.3) is 0 Å². The summed E-state index contributed by atoms with van der Waals surface area (Å²) in [6.07, 6.45) is 0. The van der Waals surface area contributed by atoms with Gasteiger partial charge in [0.25, 0.3) is 11.8 Å². The molecule has 0 saturated heterocycles. The van der Waals surface area contributed by atoms with Gasteiger partial charge in [0.05, 0.1) is 17.2 Å². The second kappa shape index (κ2) is 5.85. The first-order valence-corrected chi connectivity index (χ1v) is 9.51. The first-order valence-electron chi connectivity index (χ1n) is 8.52. The summed E-state index contributed by atoms with van der Waals surface area (Å²) in [6.45, 7) is 0. The quantitative estimate of drug-likeness (QED) is 0.594. The van der Waals surface area contributed by atoms with Crippen molar-refractivity contribution in [1.29, 1.82) is 0 Å². The standard InChI is InChI=1S/C22H15NO2S/c24-21-16-9-3-4-10-17(16)22(25)23(21)20-15-8-2-1-7-14(15)13-26-19-12-6-5-11-18(19)20/h1-12,20H,13H2. The van der Waals surface area contributed by atoms with Crippen LogP contribution in [0, 0.1) is 0 Å². The molecule has 4 heteroatoms. The van der Waals surface area contributed by atoms with Gasteiger partial charge >= 0.3 is 0 Å². The van der Waals surface area contributed by atoms with Crippen LogP contribution in [0.1, 0.15) is 43.4 Å². The highest BCUT2D eigenvalue weighted by atomic mass is 32.2. The van der Waals surface area contributed by atoms with E-state index in [1.54, 1.807) is 36.0 Å². The fraction of sp³-hybridized carbons (Fsp3) is 0.0909. The maximum Gasteiger partial charge on any atom is 0.262 e. The Hall–Kier alpha value is -2.85. The number of hydrogen-bond donors (Lipinski definition) is 0. The lowest BCUT2D eigenvalue weighted by atomic mass is 9.93. The van der Waals surface area contributed by atoms with Crippen LogP contribution >= 0.6 is 11.8 Å². The van der Waals surface area contributed by atoms with Gasteiger partial charge in [-0.05, 0) is 34.9 Å². The Balaban J connectivity index is 1.75. The number of fused-ring (bicyclic) bond motifs is 3. The molecular weight excluding hydrogens is 342 g/mol. The van der Waals surface area contributed by atoms with E-state index in [1.807, 2.05) is 36.4 Å². The van der Waals surface area contributed by atoms with Crippen LogP contribution in [-0.2, 0) is 5.75 Å². The third kappa shape index (κ3) is 2.15. The lowest BCUT2D eigenvalue weighted by Crippen LogP contribution is -2.35. The zero-order valence-electron chi connectivity index (χ0n) is 13.9. The third-order valence-electron chi connectivity index (χ3n) is 5.03. The number of carbonyl (C=O) groups is 2. The van der Waals surface area contributed by atoms with Gasteiger partial charge in [-0.3, -0.25) is 14.5 Å². The number of amides is 2. The number of rotatable bonds is 1. The van der Waals surface area contributed by atoms with Crippen LogP contribution in [0.2, 0.25) is 0 Å². The fourth-order valence-electron chi connectivity index (χ4n) is 3.81. The number of hydrogen-bond acceptors (Lipinski definition) is 3. The van der Waals surface area contributed by atoms with Crippen LogP contribution in [0.15, 0.2) is 77.7 Å². The van der Waals surface area contributed by atoms with Crippen LogP contribution in [-0.4, -0.2) is 16.7 Å². The van der Waals surface area contributed by atoms with E-state index in [2.05, 4.69) is 12.1 Å². The normalized spacial score (nSPS) is 18.2. The maximum absolute atomic E-state index is 13.1. The number of benzene rings is 3. The van der Waals surface area contributed by atoms with E-state index < -0.39 is 6.04 Å². The summed E-state index contributed by atoms with van der Waals surface area (Å²) in [4.78, 5) is 28.8. The topological polar surface area (TPSA) is 37.4 Å². The largest absolute Gasteiger partial charge is 0.269 e. The van der Waals surface area contributed by atoms with Gasteiger partial charge in [0.1, 0.15) is 0 Å². The second-order valence-corrected chi connectivity index (χ2v) is 7.47. The number of nitrogens with zero attached hydrogens (tertiary/aromatic N) is 1. The molecule has 2 amide bonds. The lowest BCUT2D eigenvalue weighted by Gasteiger charge is -2.28. The summed E-state index contributed by atoms with van der Waals surface area (Å²) >= 11 is 1.75. The Morgan fingerprint density at radius 2 is 1.31 bits per heavy atom. The van der Waals surface area contributed by atoms with Crippen molar-refractivity contribution in [1.82, 2.24) is 4.90 Å². The zero-order chi connectivity index (χ0) is 17.7. The Morgan fingerprint density at radius 1 is 0.731 bits per heavy atom. The Kier molecular flexibility index (Phi) is 3.47. The second-order valence-electron chi connectivity index (χ2n) is 6.45. The Bertz CT molecular complexity index is 977. The van der Waals surface area contributed by atoms with E-state index in [1.165, 1.54) is 4.90 Å². The SMILES string of the molecule is O=C1c2ccccc2C(=O)N1C1c2ccccc2CSc2ccccc21. The maximum atomic E-state index is 13.1. The number of thioether (sulfide) groups is 1. The molecule has 0 aliphatic carbocycles. The summed E-state index contributed by atoms with van der Waals surface area (Å²) < 4.78 is 0. The molecular formula is C22H15NO2S. The first kappa shape index (κ1) is 15.4. The van der Waals surface area contributed by atoms with Gasteiger partial charge in [0.2, 0.25) is 0 Å². The highest BCUT2D eigenvalue weighted by Crippen LogP contribution is 2.44. The average molecular weight is 357 g/mol. The number of imide groups is 1. The van der Waals surface area contributed by atoms with Crippen molar-refractivity contribution in [3.63, 3.8) is 0 Å². The van der Waals surface area contributed by atoms with Crippen molar-refractivity contribution in [3.05, 3.63) is 101 Å². The van der Waals surface area contributed by atoms with Crippen LogP contribution in [0.5, 0.6) is 0 Å². The molecule has 0 saturated carbocycles. The van der Waals surface area contributed by atoms with E-state index >= 15 is 0 Å². The lowest BCUT2D eigenvalue weighted by molar-refractivity contribution is 0.0607. The molecule has 5 rings (SSSR count). The monoisotopic (exact) mass is 357 g/mol. The van der Waals surface area contributed by atoms with Gasteiger partial charge in [-0.15, -0.1) is 11.8 Å². The van der Waals surface area contributed by atoms with Gasteiger partial charge in [-0.25, -0.2) is 0 Å². The van der Waals surface area contributed by atoms with Crippen molar-refractivity contribution < 1.29 is 9.59 Å². The predicted octanol–water partition coefficient (Wildman–Crippen LogP) is 4.68. The highest BCUT2D eigenvalue weighted by molar-refractivity contribution is 7.98. The molecule has 26 heavy (non-hydrogen) atoms. The third-order valence-corrected chi connectivity index (χ3v) is 6.17. The summed E-state index contributed by atoms with van der Waals surface area (Å²) in [5, 5.41) is 0. The molecule has 0 radical (unpaired) electrons. The molecule has 0 bridgehead atoms. The van der Waals surface area contributed by atoms with E-state index in [0.29, 0.717) is 11.1 Å². The van der Waals surface area contributed by atoms with Crippen molar-refractivity contribution in [2.24, 2.45) is 0 Å². The van der Waals surface area contributed by atoms with E-state index in [-0.39, 0.29) is 11.8 Å². The van der Waals surface area contributed by atoms with Crippen molar-refractivity contribution in [2.75, 3.05) is 0 Å². The summed E-state index contributed by atoms with van der Waals surface area (Å²) in [6, 6.07) is 22.8. The van der Waals surface area contributed by atoms with E-state index in [4.69, 9.17) is 0 Å². The summed E-state index contributed by atoms with van der Waals surface area (Å²) in [7, 11) is 0. The molecule has 126 valence electrons. The molecule has 3 aromatic rings. The van der Waals surface area contributed by atoms with Gasteiger partial charge in [-0.1, -0.05) is 54.6 Å². The molecule has 2 aliphatic heterocycles. The molecule has 1 unspecified atom stereocenters. The van der Waals surface area contributed by atoms with Crippen LogP contribution < -0.4 is 0 Å². The molecule has 0 spiro atoms. The molecule has 0 N–H and O–H groups in total. The smallest absolute Gasteiger partial charge is 0.262 e. The van der Waals surface area contributed by atoms with E-state index in [0.717, 1.165) is 27.3 Å². The molecule has 1 atom stereocenters. The van der Waals surface area contributed by atoms with Crippen molar-refractivity contribution >= 4 is 23.6 Å². The Labute approximate surface area is 155 Å². The average Bonchev–Trinajstić information content (AvgIpc) is 2.84. The molecule has 3 aromatic carbocycles. The van der Waals surface area contributed by atoms with Gasteiger partial charge in [-0.2, -0.15) is 0 Å². The van der Waals surface area contributed by atoms with Crippen molar-refractivity contribution in [3.8, 4) is 0 Å². The fourth-order valence-corrected chi connectivity index (χ4v) is 4.91. The molecule has 0 fully saturated rings. The molecule has 2 heterocycles. The van der Waals surface area contributed by atoms with Crippen LogP contribution in [0.4, 0.5) is 0 Å². The summed E-state index contributed by atoms with van der Waals surface area (Å²) in [5.74, 6) is 0.395. The minimum Gasteiger partial charge on any atom is -0.269 e. The predicted molar refractivity (Wildman–Crippen MR) is 101 cm³/mol. The highest BCUT2D eigenvalue weighted by Gasteiger charge is 2.42. The minimum absolute atomic E-state index is 0.216. The van der Waals surface area contributed by atoms with Gasteiger partial charge in [0.15, 0.2) is 0 Å². The molecule has 3 nitrogen and oxygen atoms in total. The van der Waals surface area contributed by atoms with E-state index in [9.17, 15) is 9.59 Å². The van der Waals surface area contributed by atoms with Gasteiger partial charge in [0, 0.05) is 10.6 Å². The number of carbonyl (C=O) groups excluding carboxylic acids is 2. The Morgan fingerprint density at radius 3 is 2.04 bits per heavy atom. The van der Waals surface area contributed by atoms with Crippen LogP contribution in [0.3, 0.4) is 0 Å². The first-order chi connectivity index (χ1) is 12.8. The van der Waals surface area contributed by atoms with Gasteiger partial charge < -0.3 is 0 Å². The zero-order valence-corrected chi connectivity index (χ0v) is 14.7. The van der Waals surface area contributed by atoms with Crippen molar-refractivity contribution in [2.45, 2.75) is 16.7 Å². The minimum atomic E-state index is -0.398. The molecule has 2 aliphatic rings. The summed E-state index contributed by atoms with van der Waals surface area (Å²) in [5.41, 5.74) is 4.18.